The first-order valence-corrected chi connectivity index (χ1v) is 7.71. The van der Waals surface area contributed by atoms with Gasteiger partial charge in [-0.25, -0.2) is 0 Å². The van der Waals surface area contributed by atoms with Gasteiger partial charge in [0.2, 0.25) is 12.8 Å². The monoisotopic (exact) mass is 620 g/mol. The fraction of sp³-hybridized carbons (Fsp3) is 0.286. The SMILES string of the molecule is CN(C)C=O.CN(C)C=O.O=C([O-])c1n[n-]cc1[N+](=O)[O-].O=C([O-])c1n[n-]cc1[N+](=O)[O-].[Cu+2].[Cu+2].[OH3+].[OH3+]. The zero-order valence-corrected chi connectivity index (χ0v) is 20.6. The molecule has 2 rings (SSSR count). The third-order valence-electron chi connectivity index (χ3n) is 2.36. The summed E-state index contributed by atoms with van der Waals surface area (Å²) >= 11 is 0. The van der Waals surface area contributed by atoms with Gasteiger partial charge < -0.3 is 60.9 Å². The molecule has 0 bridgehead atoms. The van der Waals surface area contributed by atoms with Crippen molar-refractivity contribution in [3.05, 3.63) is 44.0 Å². The fourth-order valence-corrected chi connectivity index (χ4v) is 1.07. The van der Waals surface area contributed by atoms with Gasteiger partial charge in [-0.1, -0.05) is 12.4 Å². The second-order valence-electron chi connectivity index (χ2n) is 5.38. The molecule has 6 N–H and O–H groups in total. The van der Waals surface area contributed by atoms with Crippen molar-refractivity contribution in [3.8, 4) is 0 Å². The zero-order valence-electron chi connectivity index (χ0n) is 18.7. The maximum atomic E-state index is 10.1. The van der Waals surface area contributed by atoms with Crippen LogP contribution in [0.1, 0.15) is 21.0 Å². The van der Waals surface area contributed by atoms with Crippen LogP contribution < -0.4 is 20.4 Å². The molecule has 0 aromatic carbocycles. The van der Waals surface area contributed by atoms with E-state index in [0.717, 1.165) is 25.2 Å². The van der Waals surface area contributed by atoms with Gasteiger partial charge in [0.15, 0.2) is 0 Å². The summed E-state index contributed by atoms with van der Waals surface area (Å²) in [6.07, 6.45) is 3.01. The van der Waals surface area contributed by atoms with Crippen molar-refractivity contribution < 1.29 is 84.3 Å². The number of hydrogen-bond acceptors (Lipinski definition) is 12. The Morgan fingerprint density at radius 3 is 1.11 bits per heavy atom. The van der Waals surface area contributed by atoms with Crippen LogP contribution in [0.5, 0.6) is 0 Å². The third kappa shape index (κ3) is 19.5. The van der Waals surface area contributed by atoms with E-state index in [-0.39, 0.29) is 45.1 Å². The van der Waals surface area contributed by atoms with Crippen LogP contribution in [0.2, 0.25) is 0 Å². The van der Waals surface area contributed by atoms with E-state index in [2.05, 4.69) is 20.4 Å². The van der Waals surface area contributed by atoms with E-state index in [1.165, 1.54) is 9.80 Å². The maximum Gasteiger partial charge on any atom is 2.00 e. The average molecular weight is 621 g/mol. The molecule has 0 saturated heterocycles. The normalized spacial score (nSPS) is 7.67. The molecule has 0 atom stereocenters. The predicted octanol–water partition coefficient (Wildman–Crippen LogP) is -5.82. The fourth-order valence-electron chi connectivity index (χ4n) is 1.07. The van der Waals surface area contributed by atoms with Crippen LogP contribution in [0, 0.1) is 20.2 Å². The molecule has 0 fully saturated rings. The molecule has 0 saturated carbocycles. The quantitative estimate of drug-likeness (QED) is 0.0953. The predicted molar refractivity (Wildman–Crippen MR) is 106 cm³/mol. The number of carboxylic acids is 2. The van der Waals surface area contributed by atoms with E-state index in [4.69, 9.17) is 0 Å². The van der Waals surface area contributed by atoms with E-state index in [0.29, 0.717) is 0 Å². The maximum absolute atomic E-state index is 10.1. The van der Waals surface area contributed by atoms with Gasteiger partial charge in [-0.15, -0.1) is 0 Å². The molecule has 36 heavy (non-hydrogen) atoms. The Bertz CT molecular complexity index is 803. The minimum absolute atomic E-state index is 0. The largest absolute Gasteiger partial charge is 2.00 e. The topological polar surface area (TPSA) is 327 Å². The Morgan fingerprint density at radius 1 is 0.778 bits per heavy atom. The Balaban J connectivity index is -0.0000000854. The summed E-state index contributed by atoms with van der Waals surface area (Å²) in [7, 11) is 6.75. The van der Waals surface area contributed by atoms with Crippen molar-refractivity contribution in [1.82, 2.24) is 30.2 Å². The first kappa shape index (κ1) is 45.5. The summed E-state index contributed by atoms with van der Waals surface area (Å²) in [6.45, 7) is 0. The van der Waals surface area contributed by atoms with Crippen LogP contribution in [0.3, 0.4) is 0 Å². The standard InChI is InChI=1S/2C4H3N3O4.2C3H7NO.2Cu.2H2O/c2*8-4(9)3-2(7(10)11)1-5-6-3;2*1-4(2)3-5;;;;/h2*1H,(H2,5,6,8,9);2*3H,1-2H3;;;2*1H2/q;;;;2*+2;;/p-2. The number of amides is 2. The minimum Gasteiger partial charge on any atom is -0.575 e. The number of hydrogen-bond donors (Lipinski definition) is 0. The average Bonchev–Trinajstić information content (AvgIpc) is 3.39. The van der Waals surface area contributed by atoms with Crippen LogP contribution in [-0.2, 0) is 54.7 Å². The van der Waals surface area contributed by atoms with E-state index in [9.17, 15) is 49.6 Å². The number of rotatable bonds is 6. The summed E-state index contributed by atoms with van der Waals surface area (Å²) in [5.74, 6) is -3.40. The molecule has 2 radical (unpaired) electrons. The van der Waals surface area contributed by atoms with Crippen molar-refractivity contribution in [1.29, 1.82) is 0 Å². The summed E-state index contributed by atoms with van der Waals surface area (Å²) in [5.41, 5.74) is -2.78. The Morgan fingerprint density at radius 2 is 1.00 bits per heavy atom. The first-order valence-electron chi connectivity index (χ1n) is 7.71. The molecule has 20 nitrogen and oxygen atoms in total. The molecule has 0 unspecified atom stereocenters. The molecule has 210 valence electrons. The molecule has 2 aromatic heterocycles. The minimum atomic E-state index is -1.70. The van der Waals surface area contributed by atoms with Crippen LogP contribution in [0.4, 0.5) is 11.4 Å². The van der Waals surface area contributed by atoms with Crippen LogP contribution >= 0.6 is 0 Å². The molecule has 22 heteroatoms. The van der Waals surface area contributed by atoms with Crippen molar-refractivity contribution >= 4 is 36.1 Å². The summed E-state index contributed by atoms with van der Waals surface area (Å²) in [4.78, 5) is 60.2. The van der Waals surface area contributed by atoms with E-state index < -0.39 is 44.5 Å². The Hall–Kier alpha value is -3.94. The van der Waals surface area contributed by atoms with E-state index in [1.54, 1.807) is 28.2 Å². The van der Waals surface area contributed by atoms with E-state index in [1.807, 2.05) is 0 Å². The third-order valence-corrected chi connectivity index (χ3v) is 2.36. The summed E-state index contributed by atoms with van der Waals surface area (Å²) < 4.78 is 0. The van der Waals surface area contributed by atoms with Gasteiger partial charge in [-0.2, -0.15) is 0 Å². The number of carbonyl (C=O) groups excluding carboxylic acids is 4. The molecule has 0 aliphatic rings. The van der Waals surface area contributed by atoms with Crippen LogP contribution in [0.25, 0.3) is 0 Å². The van der Waals surface area contributed by atoms with Gasteiger partial charge in [0.25, 0.3) is 11.4 Å². The summed E-state index contributed by atoms with van der Waals surface area (Å²) in [6, 6.07) is 0. The molecule has 2 aromatic rings. The molecular weight excluding hydrogens is 599 g/mol. The number of nitrogens with zero attached hydrogens (tertiary/aromatic N) is 8. The molecule has 2 heterocycles. The zero-order chi connectivity index (χ0) is 25.4. The molecular formula is C14H22Cu2N8O12+2. The molecule has 0 aliphatic heterocycles. The molecule has 0 aliphatic carbocycles. The van der Waals surface area contributed by atoms with Crippen LogP contribution in [-0.4, -0.2) is 82.8 Å². The van der Waals surface area contributed by atoms with Crippen molar-refractivity contribution in [2.75, 3.05) is 28.2 Å². The van der Waals surface area contributed by atoms with Gasteiger partial charge in [-0.3, -0.25) is 29.8 Å². The number of nitro groups is 2. The molecule has 0 spiro atoms. The Labute approximate surface area is 222 Å². The number of aromatic nitrogens is 4. The number of carboxylic acid groups (broad SMARTS) is 2. The summed E-state index contributed by atoms with van der Waals surface area (Å²) in [5, 5.41) is 52.3. The van der Waals surface area contributed by atoms with Gasteiger partial charge in [0, 0.05) is 28.2 Å². The second-order valence-corrected chi connectivity index (χ2v) is 5.38. The van der Waals surface area contributed by atoms with E-state index >= 15 is 0 Å². The second kappa shape index (κ2) is 24.2. The van der Waals surface area contributed by atoms with Crippen molar-refractivity contribution in [3.63, 3.8) is 0 Å². The van der Waals surface area contributed by atoms with Gasteiger partial charge in [-0.05, 0) is 0 Å². The van der Waals surface area contributed by atoms with Gasteiger partial charge >= 0.3 is 34.1 Å². The number of aromatic carboxylic acids is 2. The van der Waals surface area contributed by atoms with Gasteiger partial charge in [0.1, 0.15) is 11.4 Å². The molecule has 2 amide bonds. The van der Waals surface area contributed by atoms with Crippen molar-refractivity contribution in [2.45, 2.75) is 0 Å². The van der Waals surface area contributed by atoms with Gasteiger partial charge in [0.05, 0.1) is 21.8 Å². The van der Waals surface area contributed by atoms with Crippen molar-refractivity contribution in [2.24, 2.45) is 0 Å². The number of carbonyl (C=O) groups is 4. The Kier molecular flexibility index (Phi) is 30.6. The smallest absolute Gasteiger partial charge is 0.575 e. The van der Waals surface area contributed by atoms with Crippen LogP contribution in [0.15, 0.2) is 12.4 Å². The first-order chi connectivity index (χ1) is 14.8.